The van der Waals surface area contributed by atoms with Crippen molar-refractivity contribution in [1.82, 2.24) is 11.5 Å². The van der Waals surface area contributed by atoms with Crippen molar-refractivity contribution in [1.29, 1.82) is 0 Å². The molecule has 0 aliphatic heterocycles. The number of hydrogen-bond acceptors (Lipinski definition) is 6. The summed E-state index contributed by atoms with van der Waals surface area (Å²) < 4.78 is 0. The molecule has 0 saturated heterocycles. The molecule has 0 aliphatic carbocycles. The maximum Gasteiger partial charge on any atom is 0.332 e. The normalized spacial score (nSPS) is 10.8. The van der Waals surface area contributed by atoms with Crippen molar-refractivity contribution >= 4 is 23.9 Å². The number of quaternary nitrogens is 1. The molecule has 0 rings (SSSR count). The van der Waals surface area contributed by atoms with Gasteiger partial charge in [0.15, 0.2) is 0 Å². The van der Waals surface area contributed by atoms with Gasteiger partial charge < -0.3 is 31.4 Å². The zero-order valence-electron chi connectivity index (χ0n) is 9.81. The maximum atomic E-state index is 10.6. The number of carbonyl (C=O) groups excluding carboxylic acids is 1. The van der Waals surface area contributed by atoms with Crippen LogP contribution in [0.4, 0.5) is 0 Å². The summed E-state index contributed by atoms with van der Waals surface area (Å²) in [6, 6.07) is -3.71. The molecule has 1 unspecified atom stereocenters. The van der Waals surface area contributed by atoms with Crippen LogP contribution in [0.1, 0.15) is 12.8 Å². The number of hydrogen-bond donors (Lipinski definition) is 5. The van der Waals surface area contributed by atoms with E-state index in [1.165, 1.54) is 0 Å². The van der Waals surface area contributed by atoms with Crippen LogP contribution in [0.2, 0.25) is 0 Å². The van der Waals surface area contributed by atoms with Crippen molar-refractivity contribution in [3.05, 3.63) is 0 Å². The molecule has 0 aromatic heterocycles. The number of carbonyl (C=O) groups is 4. The standard InChI is InChI=1S/C8H11NO8.Fe.H3N/c10-4(11)2-1-3(6(12)13)9-5(7(14)15)8(16)17;;/h3,5,9H,1-2H2,(H,10,11)(H,12,13)(H,14,15)(H,16,17);;1H3. The van der Waals surface area contributed by atoms with Crippen molar-refractivity contribution < 1.29 is 56.7 Å². The maximum absolute atomic E-state index is 10.6. The summed E-state index contributed by atoms with van der Waals surface area (Å²) in [5, 5.41) is 37.5. The third-order valence-corrected chi connectivity index (χ3v) is 1.80. The van der Waals surface area contributed by atoms with Crippen LogP contribution in [0, 0.1) is 0 Å². The molecule has 112 valence electrons. The summed E-state index contributed by atoms with van der Waals surface area (Å²) in [7, 11) is 0. The minimum atomic E-state index is -2.11. The van der Waals surface area contributed by atoms with Crippen molar-refractivity contribution in [2.24, 2.45) is 0 Å². The average molecular weight is 322 g/mol. The molecule has 10 nitrogen and oxygen atoms in total. The molecule has 0 bridgehead atoms. The molecule has 0 aromatic rings. The molecule has 0 fully saturated rings. The first-order valence-electron chi connectivity index (χ1n) is 4.40. The Morgan fingerprint density at radius 1 is 1.00 bits per heavy atom. The number of carboxylic acid groups (broad SMARTS) is 4. The zero-order chi connectivity index (χ0) is 13.6. The minimum Gasteiger partial charge on any atom is -0.550 e. The molecule has 1 atom stereocenters. The second kappa shape index (κ2) is 10.3. The third kappa shape index (κ3) is 8.97. The van der Waals surface area contributed by atoms with Gasteiger partial charge >= 0.3 is 17.9 Å². The van der Waals surface area contributed by atoms with Gasteiger partial charge in [-0.15, -0.1) is 0 Å². The summed E-state index contributed by atoms with van der Waals surface area (Å²) in [4.78, 5) is 41.7. The first-order valence-corrected chi connectivity index (χ1v) is 4.40. The van der Waals surface area contributed by atoms with E-state index in [0.29, 0.717) is 0 Å². The molecule has 11 heteroatoms. The summed E-state index contributed by atoms with van der Waals surface area (Å²) in [5.41, 5.74) is 0. The molecule has 19 heavy (non-hydrogen) atoms. The Kier molecular flexibility index (Phi) is 12.1. The minimum absolute atomic E-state index is 0. The molecular formula is C8H14FeN2O8. The number of rotatable bonds is 8. The molecule has 0 aliphatic rings. The molecular weight excluding hydrogens is 308 g/mol. The van der Waals surface area contributed by atoms with Crippen LogP contribution in [0.5, 0.6) is 0 Å². The second-order valence-corrected chi connectivity index (χ2v) is 3.08. The first kappa shape index (κ1) is 22.5. The van der Waals surface area contributed by atoms with E-state index in [9.17, 15) is 24.3 Å². The van der Waals surface area contributed by atoms with Crippen LogP contribution in [0.3, 0.4) is 0 Å². The second-order valence-electron chi connectivity index (χ2n) is 3.08. The monoisotopic (exact) mass is 322 g/mol. The predicted molar refractivity (Wildman–Crippen MR) is 53.8 cm³/mol. The largest absolute Gasteiger partial charge is 0.550 e. The van der Waals surface area contributed by atoms with Gasteiger partial charge in [-0.3, -0.25) is 10.1 Å². The van der Waals surface area contributed by atoms with Gasteiger partial charge in [-0.1, -0.05) is 0 Å². The number of aliphatic carboxylic acids is 4. The summed E-state index contributed by atoms with van der Waals surface area (Å²) >= 11 is 0. The van der Waals surface area contributed by atoms with Crippen molar-refractivity contribution in [3.8, 4) is 0 Å². The van der Waals surface area contributed by atoms with Gasteiger partial charge in [-0.2, -0.15) is 0 Å². The number of carboxylic acids is 4. The van der Waals surface area contributed by atoms with Crippen molar-refractivity contribution in [2.75, 3.05) is 0 Å². The predicted octanol–water partition coefficient (Wildman–Crippen LogP) is -2.53. The molecule has 0 spiro atoms. The Bertz CT molecular complexity index is 334. The third-order valence-electron chi connectivity index (χ3n) is 1.80. The first-order chi connectivity index (χ1) is 7.75. The Labute approximate surface area is 117 Å². The van der Waals surface area contributed by atoms with Crippen molar-refractivity contribution in [3.63, 3.8) is 0 Å². The van der Waals surface area contributed by atoms with Crippen molar-refractivity contribution in [2.45, 2.75) is 24.9 Å². The van der Waals surface area contributed by atoms with Gasteiger partial charge in [0.25, 0.3) is 0 Å². The van der Waals surface area contributed by atoms with Gasteiger partial charge in [0.05, 0.1) is 0 Å². The van der Waals surface area contributed by atoms with E-state index < -0.39 is 48.8 Å². The van der Waals surface area contributed by atoms with Crippen LogP contribution >= 0.6 is 0 Å². The molecule has 8 N–H and O–H groups in total. The van der Waals surface area contributed by atoms with E-state index in [1.807, 2.05) is 5.32 Å². The SMILES string of the molecule is O=C([O-])CCC(NC(C(=O)O)C(=O)O)C(=O)O.[Fe].[NH4+]. The van der Waals surface area contributed by atoms with Gasteiger partial charge in [0.1, 0.15) is 6.04 Å². The zero-order valence-corrected chi connectivity index (χ0v) is 10.9. The fourth-order valence-electron chi connectivity index (χ4n) is 0.990. The summed E-state index contributed by atoms with van der Waals surface area (Å²) in [6.45, 7) is 0. The number of nitrogens with one attached hydrogen (secondary N) is 1. The van der Waals surface area contributed by atoms with E-state index in [4.69, 9.17) is 15.3 Å². The Balaban J connectivity index is -0.00000128. The van der Waals surface area contributed by atoms with Gasteiger partial charge in [0, 0.05) is 23.0 Å². The van der Waals surface area contributed by atoms with Crippen LogP contribution < -0.4 is 16.6 Å². The summed E-state index contributed by atoms with van der Waals surface area (Å²) in [5.74, 6) is -6.59. The Hall–Kier alpha value is -1.68. The summed E-state index contributed by atoms with van der Waals surface area (Å²) in [6.07, 6.45) is -1.11. The van der Waals surface area contributed by atoms with E-state index in [1.54, 1.807) is 0 Å². The average Bonchev–Trinajstić information content (AvgIpc) is 2.15. The smallest absolute Gasteiger partial charge is 0.332 e. The molecule has 0 amide bonds. The van der Waals surface area contributed by atoms with Crippen LogP contribution in [0.15, 0.2) is 0 Å². The molecule has 0 heterocycles. The Morgan fingerprint density at radius 3 is 1.68 bits per heavy atom. The fraction of sp³-hybridized carbons (Fsp3) is 0.500. The van der Waals surface area contributed by atoms with Crippen LogP contribution in [0.25, 0.3) is 0 Å². The quantitative estimate of drug-likeness (QED) is 0.236. The van der Waals surface area contributed by atoms with E-state index in [0.717, 1.165) is 0 Å². The topological polar surface area (TPSA) is 201 Å². The van der Waals surface area contributed by atoms with Crippen LogP contribution in [-0.4, -0.2) is 51.3 Å². The van der Waals surface area contributed by atoms with Gasteiger partial charge in [-0.05, 0) is 12.8 Å². The molecule has 0 saturated carbocycles. The van der Waals surface area contributed by atoms with E-state index in [2.05, 4.69) is 0 Å². The molecule has 0 radical (unpaired) electrons. The van der Waals surface area contributed by atoms with Gasteiger partial charge in [-0.25, -0.2) is 9.59 Å². The van der Waals surface area contributed by atoms with E-state index in [-0.39, 0.29) is 23.2 Å². The molecule has 0 aromatic carbocycles. The van der Waals surface area contributed by atoms with E-state index >= 15 is 0 Å². The Morgan fingerprint density at radius 2 is 1.42 bits per heavy atom. The fourth-order valence-corrected chi connectivity index (χ4v) is 0.990. The van der Waals surface area contributed by atoms with Crippen LogP contribution in [-0.2, 0) is 36.2 Å². The van der Waals surface area contributed by atoms with Gasteiger partial charge in [0.2, 0.25) is 6.04 Å².